The quantitative estimate of drug-likeness (QED) is 0.530. The van der Waals surface area contributed by atoms with Crippen LogP contribution in [0.25, 0.3) is 0 Å². The van der Waals surface area contributed by atoms with Crippen molar-refractivity contribution in [1.29, 1.82) is 0 Å². The molecular weight excluding hydrogens is 434 g/mol. The molecule has 2 heterocycles. The molecule has 178 valence electrons. The van der Waals surface area contributed by atoms with Crippen LogP contribution in [0.5, 0.6) is 5.75 Å². The standard InChI is InChI=1S/C26H29N3O5/c1-18-5-6-20(16-22(18)28-26(31)24-4-3-13-34-24)25(30)27-17-23(29-11-14-33-15-12-29)19-7-9-21(32-2)10-8-19/h3-10,13,16,23H,11-12,14-15,17H2,1-2H3,(H,27,30)(H,28,31)/t23-/m0/s1. The third-order valence-corrected chi connectivity index (χ3v) is 5.94. The summed E-state index contributed by atoms with van der Waals surface area (Å²) < 4.78 is 15.9. The Morgan fingerprint density at radius 1 is 1.06 bits per heavy atom. The van der Waals surface area contributed by atoms with Gasteiger partial charge in [-0.3, -0.25) is 14.5 Å². The molecule has 0 bridgehead atoms. The first-order valence-electron chi connectivity index (χ1n) is 11.2. The molecule has 1 aliphatic rings. The Morgan fingerprint density at radius 2 is 1.82 bits per heavy atom. The predicted molar refractivity (Wildman–Crippen MR) is 128 cm³/mol. The van der Waals surface area contributed by atoms with Gasteiger partial charge in [0, 0.05) is 30.9 Å². The van der Waals surface area contributed by atoms with Crippen molar-refractivity contribution in [3.8, 4) is 5.75 Å². The molecule has 1 aromatic heterocycles. The highest BCUT2D eigenvalue weighted by atomic mass is 16.5. The highest BCUT2D eigenvalue weighted by molar-refractivity contribution is 6.03. The third kappa shape index (κ3) is 5.65. The van der Waals surface area contributed by atoms with E-state index in [9.17, 15) is 9.59 Å². The fraction of sp³-hybridized carbons (Fsp3) is 0.308. The van der Waals surface area contributed by atoms with Gasteiger partial charge in [-0.1, -0.05) is 18.2 Å². The second-order valence-electron chi connectivity index (χ2n) is 8.11. The van der Waals surface area contributed by atoms with Crippen LogP contribution in [0.2, 0.25) is 0 Å². The first-order chi connectivity index (χ1) is 16.5. The summed E-state index contributed by atoms with van der Waals surface area (Å²) in [5.74, 6) is 0.428. The summed E-state index contributed by atoms with van der Waals surface area (Å²) in [4.78, 5) is 27.7. The lowest BCUT2D eigenvalue weighted by atomic mass is 10.0. The zero-order valence-electron chi connectivity index (χ0n) is 19.4. The van der Waals surface area contributed by atoms with E-state index in [2.05, 4.69) is 15.5 Å². The average Bonchev–Trinajstić information content (AvgIpc) is 3.42. The summed E-state index contributed by atoms with van der Waals surface area (Å²) in [5, 5.41) is 5.88. The van der Waals surface area contributed by atoms with Crippen molar-refractivity contribution in [2.24, 2.45) is 0 Å². The predicted octanol–water partition coefficient (Wildman–Crippen LogP) is 3.65. The lowest BCUT2D eigenvalue weighted by Gasteiger charge is -2.35. The van der Waals surface area contributed by atoms with E-state index in [1.54, 1.807) is 31.4 Å². The maximum Gasteiger partial charge on any atom is 0.291 e. The molecule has 1 saturated heterocycles. The molecule has 0 radical (unpaired) electrons. The fourth-order valence-electron chi connectivity index (χ4n) is 3.95. The Bertz CT molecular complexity index is 1110. The van der Waals surface area contributed by atoms with Crippen LogP contribution in [-0.2, 0) is 4.74 Å². The Labute approximate surface area is 198 Å². The van der Waals surface area contributed by atoms with E-state index in [4.69, 9.17) is 13.9 Å². The summed E-state index contributed by atoms with van der Waals surface area (Å²) in [6.07, 6.45) is 1.44. The summed E-state index contributed by atoms with van der Waals surface area (Å²) in [6.45, 7) is 5.22. The Kier molecular flexibility index (Phi) is 7.61. The van der Waals surface area contributed by atoms with E-state index in [0.29, 0.717) is 31.0 Å². The van der Waals surface area contributed by atoms with Crippen LogP contribution < -0.4 is 15.4 Å². The number of morpholine rings is 1. The molecule has 2 aromatic carbocycles. The van der Waals surface area contributed by atoms with Crippen LogP contribution >= 0.6 is 0 Å². The van der Waals surface area contributed by atoms with Gasteiger partial charge in [-0.15, -0.1) is 0 Å². The Balaban J connectivity index is 1.47. The molecule has 4 rings (SSSR count). The maximum atomic E-state index is 13.0. The van der Waals surface area contributed by atoms with E-state index in [-0.39, 0.29) is 23.6 Å². The molecular formula is C26H29N3O5. The van der Waals surface area contributed by atoms with Gasteiger partial charge in [0.05, 0.1) is 32.6 Å². The molecule has 3 aromatic rings. The average molecular weight is 464 g/mol. The topological polar surface area (TPSA) is 93.0 Å². The third-order valence-electron chi connectivity index (χ3n) is 5.94. The summed E-state index contributed by atoms with van der Waals surface area (Å²) in [6, 6.07) is 16.4. The number of hydrogen-bond acceptors (Lipinski definition) is 6. The number of methoxy groups -OCH3 is 1. The van der Waals surface area contributed by atoms with E-state index >= 15 is 0 Å². The van der Waals surface area contributed by atoms with Gasteiger partial charge in [0.2, 0.25) is 0 Å². The second-order valence-corrected chi connectivity index (χ2v) is 8.11. The number of ether oxygens (including phenoxy) is 2. The number of rotatable bonds is 8. The number of amides is 2. The van der Waals surface area contributed by atoms with Gasteiger partial charge in [-0.2, -0.15) is 0 Å². The minimum absolute atomic E-state index is 0.00216. The van der Waals surface area contributed by atoms with Crippen LogP contribution in [0.3, 0.4) is 0 Å². The minimum atomic E-state index is -0.363. The second kappa shape index (κ2) is 11.0. The first-order valence-corrected chi connectivity index (χ1v) is 11.2. The van der Waals surface area contributed by atoms with Crippen molar-refractivity contribution in [2.75, 3.05) is 45.3 Å². The van der Waals surface area contributed by atoms with Gasteiger partial charge >= 0.3 is 0 Å². The molecule has 0 aliphatic carbocycles. The number of benzene rings is 2. The first kappa shape index (κ1) is 23.5. The fourth-order valence-corrected chi connectivity index (χ4v) is 3.95. The molecule has 8 nitrogen and oxygen atoms in total. The minimum Gasteiger partial charge on any atom is -0.497 e. The lowest BCUT2D eigenvalue weighted by molar-refractivity contribution is 0.0162. The Morgan fingerprint density at radius 3 is 2.50 bits per heavy atom. The number of hydrogen-bond donors (Lipinski definition) is 2. The molecule has 0 unspecified atom stereocenters. The summed E-state index contributed by atoms with van der Waals surface area (Å²) in [5.41, 5.74) is 2.98. The molecule has 0 spiro atoms. The van der Waals surface area contributed by atoms with Gasteiger partial charge in [-0.05, 0) is 54.4 Å². The molecule has 8 heteroatoms. The largest absolute Gasteiger partial charge is 0.497 e. The van der Waals surface area contributed by atoms with Gasteiger partial charge in [-0.25, -0.2) is 0 Å². The molecule has 1 aliphatic heterocycles. The summed E-state index contributed by atoms with van der Waals surface area (Å²) >= 11 is 0. The van der Waals surface area contributed by atoms with Gasteiger partial charge < -0.3 is 24.5 Å². The van der Waals surface area contributed by atoms with Crippen LogP contribution in [0, 0.1) is 6.92 Å². The zero-order valence-corrected chi connectivity index (χ0v) is 19.4. The van der Waals surface area contributed by atoms with Crippen molar-refractivity contribution in [1.82, 2.24) is 10.2 Å². The van der Waals surface area contributed by atoms with Crippen molar-refractivity contribution in [2.45, 2.75) is 13.0 Å². The van der Waals surface area contributed by atoms with Crippen LogP contribution in [-0.4, -0.2) is 56.7 Å². The molecule has 0 saturated carbocycles. The van der Waals surface area contributed by atoms with Crippen molar-refractivity contribution >= 4 is 17.5 Å². The van der Waals surface area contributed by atoms with E-state index < -0.39 is 0 Å². The molecule has 2 amide bonds. The lowest BCUT2D eigenvalue weighted by Crippen LogP contribution is -2.43. The van der Waals surface area contributed by atoms with Crippen LogP contribution in [0.15, 0.2) is 65.3 Å². The van der Waals surface area contributed by atoms with Crippen LogP contribution in [0.4, 0.5) is 5.69 Å². The number of carbonyl (C=O) groups is 2. The molecule has 2 N–H and O–H groups in total. The monoisotopic (exact) mass is 463 g/mol. The van der Waals surface area contributed by atoms with Crippen LogP contribution in [0.1, 0.15) is 38.1 Å². The molecule has 1 atom stereocenters. The van der Waals surface area contributed by atoms with E-state index in [1.807, 2.05) is 37.3 Å². The molecule has 1 fully saturated rings. The number of nitrogens with one attached hydrogen (secondary N) is 2. The molecule has 34 heavy (non-hydrogen) atoms. The number of carbonyl (C=O) groups excluding carboxylic acids is 2. The number of aryl methyl sites for hydroxylation is 1. The summed E-state index contributed by atoms with van der Waals surface area (Å²) in [7, 11) is 1.64. The van der Waals surface area contributed by atoms with Gasteiger partial charge in [0.15, 0.2) is 5.76 Å². The van der Waals surface area contributed by atoms with Crippen molar-refractivity contribution in [3.05, 3.63) is 83.3 Å². The highest BCUT2D eigenvalue weighted by Gasteiger charge is 2.24. The van der Waals surface area contributed by atoms with E-state index in [0.717, 1.165) is 30.0 Å². The van der Waals surface area contributed by atoms with Gasteiger partial charge in [0.1, 0.15) is 5.75 Å². The maximum absolute atomic E-state index is 13.0. The normalized spacial score (nSPS) is 14.9. The zero-order chi connectivity index (χ0) is 23.9. The van der Waals surface area contributed by atoms with Crippen molar-refractivity contribution < 1.29 is 23.5 Å². The van der Waals surface area contributed by atoms with Crippen molar-refractivity contribution in [3.63, 3.8) is 0 Å². The SMILES string of the molecule is COc1ccc([C@H](CNC(=O)c2ccc(C)c(NC(=O)c3ccco3)c2)N2CCOCC2)cc1. The Hall–Kier alpha value is -3.62. The smallest absolute Gasteiger partial charge is 0.291 e. The number of anilines is 1. The highest BCUT2D eigenvalue weighted by Crippen LogP contribution is 2.24. The van der Waals surface area contributed by atoms with E-state index in [1.165, 1.54) is 6.26 Å². The number of furan rings is 1. The number of nitrogens with zero attached hydrogens (tertiary/aromatic N) is 1. The van der Waals surface area contributed by atoms with Gasteiger partial charge in [0.25, 0.3) is 11.8 Å².